The Morgan fingerprint density at radius 1 is 1.00 bits per heavy atom. The van der Waals surface area contributed by atoms with Crippen molar-refractivity contribution in [2.75, 3.05) is 26.1 Å². The number of methoxy groups -OCH3 is 2. The molecule has 1 fully saturated rings. The van der Waals surface area contributed by atoms with Crippen LogP contribution in [0.4, 0.5) is 5.69 Å². The summed E-state index contributed by atoms with van der Waals surface area (Å²) in [6, 6.07) is 18.5. The zero-order valence-corrected chi connectivity index (χ0v) is 16.2. The highest BCUT2D eigenvalue weighted by atomic mass is 16.7. The van der Waals surface area contributed by atoms with E-state index in [0.717, 1.165) is 11.3 Å². The van der Waals surface area contributed by atoms with Crippen molar-refractivity contribution in [3.63, 3.8) is 0 Å². The molecule has 2 aromatic carbocycles. The molecule has 146 valence electrons. The number of para-hydroxylation sites is 1. The monoisotopic (exact) mass is 380 g/mol. The fourth-order valence-corrected chi connectivity index (χ4v) is 3.40. The van der Waals surface area contributed by atoms with Crippen LogP contribution < -0.4 is 5.32 Å². The van der Waals surface area contributed by atoms with Gasteiger partial charge in [-0.1, -0.05) is 48.5 Å². The van der Waals surface area contributed by atoms with Crippen LogP contribution in [0.1, 0.15) is 18.5 Å². The third-order valence-corrected chi connectivity index (χ3v) is 4.78. The van der Waals surface area contributed by atoms with Gasteiger partial charge in [-0.15, -0.1) is 0 Å². The molecule has 6 heteroatoms. The van der Waals surface area contributed by atoms with Gasteiger partial charge < -0.3 is 19.7 Å². The number of Topliss-reactive ketones (excluding diaryl/α,β-unsaturated/α-hetero) is 1. The van der Waals surface area contributed by atoms with Gasteiger partial charge in [0.05, 0.1) is 18.2 Å². The second-order valence-corrected chi connectivity index (χ2v) is 6.53. The number of benzene rings is 2. The van der Waals surface area contributed by atoms with E-state index >= 15 is 0 Å². The molecule has 0 aliphatic carbocycles. The normalized spacial score (nSPS) is 18.7. The summed E-state index contributed by atoms with van der Waals surface area (Å²) in [5.41, 5.74) is 2.79. The topological polar surface area (TPSA) is 67.9 Å². The predicted molar refractivity (Wildman–Crippen MR) is 106 cm³/mol. The molecule has 0 spiro atoms. The van der Waals surface area contributed by atoms with E-state index in [1.807, 2.05) is 67.6 Å². The Labute approximate surface area is 164 Å². The van der Waals surface area contributed by atoms with Crippen molar-refractivity contribution >= 4 is 17.4 Å². The maximum atomic E-state index is 12.9. The highest BCUT2D eigenvalue weighted by Gasteiger charge is 2.45. The van der Waals surface area contributed by atoms with Gasteiger partial charge in [0, 0.05) is 25.6 Å². The molecule has 0 unspecified atom stereocenters. The smallest absolute Gasteiger partial charge is 0.295 e. The number of nitrogens with zero attached hydrogens (tertiary/aromatic N) is 1. The number of anilines is 1. The number of carbonyl (C=O) groups is 2. The van der Waals surface area contributed by atoms with Gasteiger partial charge in [-0.25, -0.2) is 0 Å². The molecule has 1 heterocycles. The first-order valence-electron chi connectivity index (χ1n) is 9.05. The molecular formula is C22H24N2O4. The highest BCUT2D eigenvalue weighted by molar-refractivity contribution is 6.45. The highest BCUT2D eigenvalue weighted by Crippen LogP contribution is 2.37. The Hall–Kier alpha value is -2.96. The Morgan fingerprint density at radius 3 is 2.14 bits per heavy atom. The molecule has 3 rings (SSSR count). The summed E-state index contributed by atoms with van der Waals surface area (Å²) in [7, 11) is 3.01. The lowest BCUT2D eigenvalue weighted by Gasteiger charge is -2.28. The zero-order chi connectivity index (χ0) is 20.1. The molecule has 2 aromatic rings. The molecule has 6 nitrogen and oxygen atoms in total. The van der Waals surface area contributed by atoms with Crippen LogP contribution in [0.2, 0.25) is 0 Å². The summed E-state index contributed by atoms with van der Waals surface area (Å²) in [6.07, 6.45) is -0.621. The van der Waals surface area contributed by atoms with Gasteiger partial charge in [-0.05, 0) is 24.6 Å². The van der Waals surface area contributed by atoms with E-state index in [1.165, 1.54) is 19.1 Å². The maximum Gasteiger partial charge on any atom is 0.295 e. The predicted octanol–water partition coefficient (Wildman–Crippen LogP) is 3.14. The number of likely N-dealkylation sites (tertiary alicyclic amines) is 1. The van der Waals surface area contributed by atoms with Crippen LogP contribution >= 0.6 is 0 Å². The van der Waals surface area contributed by atoms with Gasteiger partial charge in [0.25, 0.3) is 11.7 Å². The van der Waals surface area contributed by atoms with Crippen molar-refractivity contribution in [2.45, 2.75) is 19.3 Å². The number of carbonyl (C=O) groups excluding carboxylic acids is 2. The van der Waals surface area contributed by atoms with Crippen molar-refractivity contribution in [3.8, 4) is 0 Å². The Morgan fingerprint density at radius 2 is 1.57 bits per heavy atom. The first-order chi connectivity index (χ1) is 13.6. The van der Waals surface area contributed by atoms with Gasteiger partial charge in [-0.3, -0.25) is 9.59 Å². The van der Waals surface area contributed by atoms with Crippen LogP contribution in [0.3, 0.4) is 0 Å². The van der Waals surface area contributed by atoms with Crippen molar-refractivity contribution < 1.29 is 19.1 Å². The van der Waals surface area contributed by atoms with Crippen LogP contribution in [0.25, 0.3) is 0 Å². The minimum absolute atomic E-state index is 0.152. The van der Waals surface area contributed by atoms with Crippen LogP contribution in [0.15, 0.2) is 71.9 Å². The lowest BCUT2D eigenvalue weighted by molar-refractivity contribution is -0.149. The molecule has 1 saturated heterocycles. The molecular weight excluding hydrogens is 356 g/mol. The molecule has 1 aliphatic heterocycles. The maximum absolute atomic E-state index is 12.9. The van der Waals surface area contributed by atoms with Gasteiger partial charge in [0.15, 0.2) is 6.29 Å². The molecule has 1 amide bonds. The second kappa shape index (κ2) is 8.82. The summed E-state index contributed by atoms with van der Waals surface area (Å²) in [4.78, 5) is 27.3. The molecule has 28 heavy (non-hydrogen) atoms. The SMILES string of the molecule is COC(CN1C(=O)C(=O)/C(=C(/C)Nc2ccccc2)[C@@H]1c1ccccc1)OC. The van der Waals surface area contributed by atoms with E-state index in [-0.39, 0.29) is 6.54 Å². The molecule has 1 atom stereocenters. The molecule has 1 N–H and O–H groups in total. The van der Waals surface area contributed by atoms with Crippen molar-refractivity contribution in [2.24, 2.45) is 0 Å². The molecule has 1 aliphatic rings. The first kappa shape index (κ1) is 19.8. The second-order valence-electron chi connectivity index (χ2n) is 6.53. The molecule has 0 bridgehead atoms. The van der Waals surface area contributed by atoms with Crippen LogP contribution in [0, 0.1) is 0 Å². The standard InChI is InChI=1S/C22H24N2O4/c1-15(23-17-12-8-5-9-13-17)19-20(16-10-6-4-7-11-16)24(22(26)21(19)25)14-18(27-2)28-3/h4-13,18,20,23H,14H2,1-3H3/b19-15-/t20-/m0/s1. The van der Waals surface area contributed by atoms with Crippen molar-refractivity contribution in [1.29, 1.82) is 0 Å². The van der Waals surface area contributed by atoms with Crippen molar-refractivity contribution in [3.05, 3.63) is 77.5 Å². The zero-order valence-electron chi connectivity index (χ0n) is 16.2. The van der Waals surface area contributed by atoms with E-state index in [9.17, 15) is 9.59 Å². The minimum atomic E-state index is -0.621. The quantitative estimate of drug-likeness (QED) is 0.454. The van der Waals surface area contributed by atoms with Crippen LogP contribution in [-0.2, 0) is 19.1 Å². The largest absolute Gasteiger partial charge is 0.359 e. The number of ketones is 1. The number of hydrogen-bond donors (Lipinski definition) is 1. The van der Waals surface area contributed by atoms with Gasteiger partial charge in [0.2, 0.25) is 0 Å². The number of nitrogens with one attached hydrogen (secondary N) is 1. The lowest BCUT2D eigenvalue weighted by Crippen LogP contribution is -2.38. The van der Waals surface area contributed by atoms with E-state index in [0.29, 0.717) is 11.3 Å². The van der Waals surface area contributed by atoms with Gasteiger partial charge in [0.1, 0.15) is 0 Å². The number of allylic oxidation sites excluding steroid dienone is 1. The summed E-state index contributed by atoms with van der Waals surface area (Å²) >= 11 is 0. The first-order valence-corrected chi connectivity index (χ1v) is 9.05. The van der Waals surface area contributed by atoms with E-state index in [1.54, 1.807) is 0 Å². The van der Waals surface area contributed by atoms with Crippen molar-refractivity contribution in [1.82, 2.24) is 4.90 Å². The number of rotatable bonds is 7. The number of ether oxygens (including phenoxy) is 2. The van der Waals surface area contributed by atoms with E-state index < -0.39 is 24.0 Å². The van der Waals surface area contributed by atoms with Crippen LogP contribution in [-0.4, -0.2) is 43.6 Å². The van der Waals surface area contributed by atoms with Crippen LogP contribution in [0.5, 0.6) is 0 Å². The summed E-state index contributed by atoms with van der Waals surface area (Å²) in [5.74, 6) is -1.07. The lowest BCUT2D eigenvalue weighted by atomic mass is 9.97. The van der Waals surface area contributed by atoms with E-state index in [2.05, 4.69) is 5.32 Å². The Kier molecular flexibility index (Phi) is 6.23. The molecule has 0 aromatic heterocycles. The fourth-order valence-electron chi connectivity index (χ4n) is 3.40. The van der Waals surface area contributed by atoms with Gasteiger partial charge in [-0.2, -0.15) is 0 Å². The average molecular weight is 380 g/mol. The molecule has 0 saturated carbocycles. The molecule has 0 radical (unpaired) electrons. The minimum Gasteiger partial charge on any atom is -0.359 e. The summed E-state index contributed by atoms with van der Waals surface area (Å²) < 4.78 is 10.5. The van der Waals surface area contributed by atoms with E-state index in [4.69, 9.17) is 9.47 Å². The fraction of sp³-hybridized carbons (Fsp3) is 0.273. The Bertz CT molecular complexity index is 861. The Balaban J connectivity index is 2.04. The third-order valence-electron chi connectivity index (χ3n) is 4.78. The average Bonchev–Trinajstić information content (AvgIpc) is 2.98. The third kappa shape index (κ3) is 3.98. The summed E-state index contributed by atoms with van der Waals surface area (Å²) in [6.45, 7) is 1.97. The van der Waals surface area contributed by atoms with Gasteiger partial charge >= 0.3 is 0 Å². The number of amides is 1. The number of hydrogen-bond acceptors (Lipinski definition) is 5. The summed E-state index contributed by atoms with van der Waals surface area (Å²) in [5, 5.41) is 3.25.